The zero-order valence-electron chi connectivity index (χ0n) is 16.2. The number of hydrogen-bond donors (Lipinski definition) is 3. The maximum atomic E-state index is 12.7. The van der Waals surface area contributed by atoms with Crippen molar-refractivity contribution in [1.82, 2.24) is 5.48 Å². The molecule has 0 amide bonds. The van der Waals surface area contributed by atoms with Crippen LogP contribution in [0.4, 0.5) is 13.2 Å². The van der Waals surface area contributed by atoms with Gasteiger partial charge in [0.25, 0.3) is 0 Å². The van der Waals surface area contributed by atoms with Crippen molar-refractivity contribution in [3.63, 3.8) is 0 Å². The Kier molecular flexibility index (Phi) is 6.57. The zero-order valence-corrected chi connectivity index (χ0v) is 17.0. The summed E-state index contributed by atoms with van der Waals surface area (Å²) in [5.41, 5.74) is 2.10. The van der Waals surface area contributed by atoms with Crippen LogP contribution in [0.25, 0.3) is 0 Å². The number of ether oxygens (including phenoxy) is 2. The first kappa shape index (κ1) is 22.0. The summed E-state index contributed by atoms with van der Waals surface area (Å²) in [6.07, 6.45) is -4.37. The van der Waals surface area contributed by atoms with Crippen LogP contribution < -0.4 is 15.0 Å². The van der Waals surface area contributed by atoms with Gasteiger partial charge in [0, 0.05) is 11.6 Å². The molecule has 2 atom stereocenters. The van der Waals surface area contributed by atoms with Crippen molar-refractivity contribution in [1.29, 1.82) is 5.41 Å². The number of rotatable bonds is 6. The summed E-state index contributed by atoms with van der Waals surface area (Å²) in [4.78, 5) is 4.56. The number of amidine groups is 1. The van der Waals surface area contributed by atoms with Gasteiger partial charge in [-0.25, -0.2) is 0 Å². The predicted molar refractivity (Wildman–Crippen MR) is 109 cm³/mol. The molecule has 160 valence electrons. The van der Waals surface area contributed by atoms with Crippen molar-refractivity contribution in [3.05, 3.63) is 59.2 Å². The van der Waals surface area contributed by atoms with Crippen molar-refractivity contribution in [2.75, 3.05) is 13.7 Å². The molecule has 10 heteroatoms. The number of methoxy groups -OCH3 is 1. The summed E-state index contributed by atoms with van der Waals surface area (Å²) in [6.45, 7) is 2.26. The second kappa shape index (κ2) is 8.97. The van der Waals surface area contributed by atoms with Crippen LogP contribution in [0.15, 0.2) is 47.5 Å². The van der Waals surface area contributed by atoms with Gasteiger partial charge in [0.05, 0.1) is 34.6 Å². The van der Waals surface area contributed by atoms with Gasteiger partial charge in [-0.05, 0) is 31.2 Å². The van der Waals surface area contributed by atoms with Gasteiger partial charge in [0.2, 0.25) is 0 Å². The topological polar surface area (TPSA) is 86.9 Å². The third-order valence-corrected chi connectivity index (χ3v) is 5.95. The average Bonchev–Trinajstić information content (AvgIpc) is 3.11. The maximum absolute atomic E-state index is 12.7. The minimum absolute atomic E-state index is 0.00892. The lowest BCUT2D eigenvalue weighted by Crippen LogP contribution is -2.22. The Bertz CT molecular complexity index is 949. The molecule has 0 bridgehead atoms. The molecule has 0 aliphatic carbocycles. The Morgan fingerprint density at radius 3 is 2.53 bits per heavy atom. The molecule has 3 rings (SSSR count). The first-order chi connectivity index (χ1) is 14.2. The smallest absolute Gasteiger partial charge is 0.416 e. The molecule has 2 unspecified atom stereocenters. The Hall–Kier alpha value is -2.72. The van der Waals surface area contributed by atoms with Gasteiger partial charge >= 0.3 is 6.18 Å². The van der Waals surface area contributed by atoms with E-state index in [9.17, 15) is 13.2 Å². The third-order valence-electron chi connectivity index (χ3n) is 4.55. The minimum Gasteiger partial charge on any atom is -0.496 e. The van der Waals surface area contributed by atoms with Crippen LogP contribution in [0.5, 0.6) is 11.5 Å². The number of benzene rings is 2. The molecule has 2 aromatic rings. The fourth-order valence-electron chi connectivity index (χ4n) is 2.86. The third kappa shape index (κ3) is 4.88. The summed E-state index contributed by atoms with van der Waals surface area (Å²) in [6, 6.07) is 9.76. The quantitative estimate of drug-likeness (QED) is 0.354. The molecule has 0 spiro atoms. The number of halogens is 3. The Morgan fingerprint density at radius 2 is 1.93 bits per heavy atom. The number of hydrogen-bond acceptors (Lipinski definition) is 6. The number of nitrogens with zero attached hydrogens (tertiary/aromatic N) is 1. The largest absolute Gasteiger partial charge is 0.496 e. The summed E-state index contributed by atoms with van der Waals surface area (Å²) in [5.74, 6) is 0.693. The van der Waals surface area contributed by atoms with Gasteiger partial charge in [-0.15, -0.1) is 0 Å². The first-order valence-corrected chi connectivity index (χ1v) is 9.83. The van der Waals surface area contributed by atoms with E-state index in [4.69, 9.17) is 20.1 Å². The SMILES string of the molecule is COc1cc(OCC2SC(c3ccc(C(F)(F)F)cc3)=NC2C)ccc1C(=N)NO. The van der Waals surface area contributed by atoms with Gasteiger partial charge in [-0.3, -0.25) is 21.1 Å². The summed E-state index contributed by atoms with van der Waals surface area (Å²) in [5, 5.41) is 17.2. The zero-order chi connectivity index (χ0) is 21.9. The molecule has 0 aromatic heterocycles. The van der Waals surface area contributed by atoms with Crippen LogP contribution in [0.2, 0.25) is 0 Å². The van der Waals surface area contributed by atoms with E-state index < -0.39 is 11.7 Å². The number of nitrogens with one attached hydrogen (secondary N) is 2. The Labute approximate surface area is 175 Å². The van der Waals surface area contributed by atoms with Crippen LogP contribution in [-0.2, 0) is 6.18 Å². The lowest BCUT2D eigenvalue weighted by molar-refractivity contribution is -0.137. The highest BCUT2D eigenvalue weighted by molar-refractivity contribution is 8.15. The van der Waals surface area contributed by atoms with Gasteiger partial charge in [0.1, 0.15) is 18.1 Å². The van der Waals surface area contributed by atoms with Crippen molar-refractivity contribution >= 4 is 22.6 Å². The first-order valence-electron chi connectivity index (χ1n) is 8.95. The van der Waals surface area contributed by atoms with E-state index in [0.717, 1.165) is 12.1 Å². The van der Waals surface area contributed by atoms with Gasteiger partial charge in [-0.2, -0.15) is 13.2 Å². The van der Waals surface area contributed by atoms with Crippen molar-refractivity contribution in [2.45, 2.75) is 24.4 Å². The monoisotopic (exact) mass is 439 g/mol. The fourth-order valence-corrected chi connectivity index (χ4v) is 4.04. The molecule has 0 saturated carbocycles. The fraction of sp³-hybridized carbons (Fsp3) is 0.300. The van der Waals surface area contributed by atoms with E-state index in [2.05, 4.69) is 4.99 Å². The molecule has 6 nitrogen and oxygen atoms in total. The lowest BCUT2D eigenvalue weighted by Gasteiger charge is -2.16. The Balaban J connectivity index is 1.64. The molecule has 3 N–H and O–H groups in total. The van der Waals surface area contributed by atoms with Crippen LogP contribution in [-0.4, -0.2) is 41.1 Å². The standard InChI is InChI=1S/C20H20F3N3O3S/c1-11-17(10-29-14-7-8-15(18(24)26-27)16(9-14)28-2)30-19(25-11)12-3-5-13(6-4-12)20(21,22)23/h3-9,11,17,27H,10H2,1-2H3,(H2,24,26). The molecular weight excluding hydrogens is 419 g/mol. The maximum Gasteiger partial charge on any atom is 0.416 e. The van der Waals surface area contributed by atoms with E-state index >= 15 is 0 Å². The Morgan fingerprint density at radius 1 is 1.23 bits per heavy atom. The minimum atomic E-state index is -4.37. The number of aliphatic imine (C=N–C) groups is 1. The van der Waals surface area contributed by atoms with Gasteiger partial charge in [0.15, 0.2) is 5.84 Å². The number of alkyl halides is 3. The highest BCUT2D eigenvalue weighted by Gasteiger charge is 2.31. The molecule has 1 aliphatic rings. The summed E-state index contributed by atoms with van der Waals surface area (Å²) < 4.78 is 49.3. The molecule has 1 aliphatic heterocycles. The van der Waals surface area contributed by atoms with E-state index in [1.165, 1.54) is 31.0 Å². The predicted octanol–water partition coefficient (Wildman–Crippen LogP) is 4.35. The summed E-state index contributed by atoms with van der Waals surface area (Å²) >= 11 is 1.46. The molecule has 2 aromatic carbocycles. The van der Waals surface area contributed by atoms with Gasteiger partial charge < -0.3 is 9.47 Å². The highest BCUT2D eigenvalue weighted by Crippen LogP contribution is 2.34. The second-order valence-electron chi connectivity index (χ2n) is 6.57. The molecule has 30 heavy (non-hydrogen) atoms. The van der Waals surface area contributed by atoms with Crippen LogP contribution in [0, 0.1) is 5.41 Å². The molecule has 1 heterocycles. The average molecular weight is 439 g/mol. The van der Waals surface area contributed by atoms with Crippen LogP contribution in [0.3, 0.4) is 0 Å². The van der Waals surface area contributed by atoms with Crippen molar-refractivity contribution in [3.8, 4) is 11.5 Å². The van der Waals surface area contributed by atoms with E-state index in [0.29, 0.717) is 34.3 Å². The highest BCUT2D eigenvalue weighted by atomic mass is 32.2. The molecule has 0 fully saturated rings. The molecule has 0 saturated heterocycles. The van der Waals surface area contributed by atoms with E-state index in [1.54, 1.807) is 23.7 Å². The second-order valence-corrected chi connectivity index (χ2v) is 7.79. The molecule has 0 radical (unpaired) electrons. The number of hydroxylamine groups is 1. The number of thioether (sulfide) groups is 1. The van der Waals surface area contributed by atoms with E-state index in [1.807, 2.05) is 6.92 Å². The van der Waals surface area contributed by atoms with Crippen LogP contribution in [0.1, 0.15) is 23.6 Å². The van der Waals surface area contributed by atoms with Gasteiger partial charge in [-0.1, -0.05) is 23.9 Å². The summed E-state index contributed by atoms with van der Waals surface area (Å²) in [7, 11) is 1.45. The van der Waals surface area contributed by atoms with Crippen LogP contribution >= 0.6 is 11.8 Å². The van der Waals surface area contributed by atoms with E-state index in [-0.39, 0.29) is 17.1 Å². The lowest BCUT2D eigenvalue weighted by atomic mass is 10.1. The van der Waals surface area contributed by atoms with Crippen molar-refractivity contribution < 1.29 is 27.9 Å². The molecular formula is C20H20F3N3O3S. The van der Waals surface area contributed by atoms with Crippen molar-refractivity contribution in [2.24, 2.45) is 4.99 Å². The normalized spacial score (nSPS) is 18.7.